The molecule has 252 valence electrons. The number of carbonyl (C=O) groups is 4. The molecule has 14 heteroatoms. The number of nitrogens with one attached hydrogen (secondary N) is 3. The molecule has 2 aromatic rings. The summed E-state index contributed by atoms with van der Waals surface area (Å²) in [6, 6.07) is 8.07. The molecular weight excluding hydrogens is 590 g/mol. The summed E-state index contributed by atoms with van der Waals surface area (Å²) in [5, 5.41) is 18.0. The third-order valence-electron chi connectivity index (χ3n) is 7.54. The van der Waals surface area contributed by atoms with Gasteiger partial charge in [-0.25, -0.2) is 0 Å². The molecule has 0 aromatic heterocycles. The summed E-state index contributed by atoms with van der Waals surface area (Å²) in [6.07, 6.45) is 2.28. The van der Waals surface area contributed by atoms with Crippen LogP contribution in [-0.2, 0) is 32.0 Å². The van der Waals surface area contributed by atoms with Crippen LogP contribution in [0.15, 0.2) is 47.5 Å². The molecule has 4 atom stereocenters. The normalized spacial score (nSPS) is 13.5. The second-order valence-electron chi connectivity index (χ2n) is 11.4. The monoisotopic (exact) mass is 639 g/mol. The molecule has 2 aromatic carbocycles. The van der Waals surface area contributed by atoms with Crippen LogP contribution in [0, 0.1) is 13.8 Å². The summed E-state index contributed by atoms with van der Waals surface area (Å²) in [5.41, 5.74) is 31.4. The van der Waals surface area contributed by atoms with Crippen LogP contribution < -0.4 is 44.6 Å². The fourth-order valence-corrected chi connectivity index (χ4v) is 5.04. The molecule has 2 rings (SSSR count). The number of aliphatic imine (C=N–C) groups is 1. The van der Waals surface area contributed by atoms with Crippen molar-refractivity contribution < 1.29 is 24.3 Å². The molecule has 0 aliphatic rings. The summed E-state index contributed by atoms with van der Waals surface area (Å²) in [7, 11) is 0. The number of aromatic hydroxyl groups is 1. The molecule has 14 N–H and O–H groups in total. The van der Waals surface area contributed by atoms with Crippen LogP contribution in [0.5, 0.6) is 5.75 Å². The molecule has 0 fully saturated rings. The third kappa shape index (κ3) is 12.7. The third-order valence-corrected chi connectivity index (χ3v) is 7.54. The number of amides is 4. The number of guanidine groups is 1. The zero-order valence-corrected chi connectivity index (χ0v) is 26.6. The van der Waals surface area contributed by atoms with Gasteiger partial charge in [0.2, 0.25) is 23.6 Å². The van der Waals surface area contributed by atoms with Crippen molar-refractivity contribution in [3.05, 3.63) is 64.7 Å². The molecule has 0 bridgehead atoms. The van der Waals surface area contributed by atoms with E-state index in [0.29, 0.717) is 32.2 Å². The molecule has 0 spiro atoms. The van der Waals surface area contributed by atoms with Gasteiger partial charge in [-0.15, -0.1) is 0 Å². The first-order valence-electron chi connectivity index (χ1n) is 15.4. The molecule has 0 unspecified atom stereocenters. The molecular formula is C32H49N9O5. The van der Waals surface area contributed by atoms with Crippen LogP contribution in [0.4, 0.5) is 0 Å². The smallest absolute Gasteiger partial charge is 0.243 e. The number of hydrogen-bond acceptors (Lipinski definition) is 8. The maximum Gasteiger partial charge on any atom is 0.243 e. The van der Waals surface area contributed by atoms with E-state index in [9.17, 15) is 24.3 Å². The Hall–Kier alpha value is -4.69. The molecule has 0 heterocycles. The summed E-state index contributed by atoms with van der Waals surface area (Å²) in [4.78, 5) is 56.5. The number of unbranched alkanes of at least 4 members (excludes halogenated alkanes) is 1. The number of nitrogens with zero attached hydrogens (tertiary/aromatic N) is 1. The quantitative estimate of drug-likeness (QED) is 0.0530. The standard InChI is InChI=1S/C32H49N9O5/c1-19-15-22(42)16-20(2)23(19)18-24(34)29(44)40-26(12-8-14-38-32(36)37)30(45)41-27(17-21-9-4-3-5-10-21)31(46)39-25(28(35)43)11-6-7-13-33/h3-5,9-10,15-16,24-27,42H,6-8,11-14,17-18,33-34H2,1-2H3,(H2,35,43)(H,39,46)(H,40,44)(H,41,45)(H4,36,37,38)/t24-,25-,26-,27-/m0/s1. The highest BCUT2D eigenvalue weighted by Gasteiger charge is 2.30. The molecule has 0 saturated heterocycles. The van der Waals surface area contributed by atoms with Gasteiger partial charge in [-0.3, -0.25) is 24.2 Å². The van der Waals surface area contributed by atoms with Gasteiger partial charge in [-0.1, -0.05) is 30.3 Å². The number of benzene rings is 2. The molecule has 0 saturated carbocycles. The van der Waals surface area contributed by atoms with Crippen molar-refractivity contribution in [1.29, 1.82) is 0 Å². The molecule has 0 aliphatic carbocycles. The first-order chi connectivity index (χ1) is 21.8. The van der Waals surface area contributed by atoms with Crippen molar-refractivity contribution in [3.63, 3.8) is 0 Å². The lowest BCUT2D eigenvalue weighted by atomic mass is 9.95. The van der Waals surface area contributed by atoms with Crippen LogP contribution in [0.25, 0.3) is 0 Å². The number of nitrogens with two attached hydrogens (primary N) is 5. The maximum atomic E-state index is 13.7. The van der Waals surface area contributed by atoms with Gasteiger partial charge in [0.25, 0.3) is 0 Å². The van der Waals surface area contributed by atoms with E-state index in [4.69, 9.17) is 28.7 Å². The van der Waals surface area contributed by atoms with Crippen molar-refractivity contribution in [2.24, 2.45) is 33.7 Å². The number of carbonyl (C=O) groups excluding carboxylic acids is 4. The highest BCUT2D eigenvalue weighted by Crippen LogP contribution is 2.22. The second-order valence-corrected chi connectivity index (χ2v) is 11.4. The lowest BCUT2D eigenvalue weighted by Crippen LogP contribution is -2.58. The van der Waals surface area contributed by atoms with Gasteiger partial charge in [-0.2, -0.15) is 0 Å². The lowest BCUT2D eigenvalue weighted by molar-refractivity contribution is -0.133. The van der Waals surface area contributed by atoms with Gasteiger partial charge in [0.1, 0.15) is 23.9 Å². The highest BCUT2D eigenvalue weighted by molar-refractivity contribution is 5.94. The highest BCUT2D eigenvalue weighted by atomic mass is 16.3. The molecule has 14 nitrogen and oxygen atoms in total. The number of phenols is 1. The first kappa shape index (κ1) is 37.5. The number of phenolic OH excluding ortho intramolecular Hbond substituents is 1. The number of rotatable bonds is 19. The van der Waals surface area contributed by atoms with Crippen LogP contribution in [0.1, 0.15) is 54.4 Å². The van der Waals surface area contributed by atoms with E-state index < -0.39 is 47.8 Å². The fourth-order valence-electron chi connectivity index (χ4n) is 5.04. The van der Waals surface area contributed by atoms with Gasteiger partial charge in [0.05, 0.1) is 6.04 Å². The van der Waals surface area contributed by atoms with E-state index in [1.165, 1.54) is 0 Å². The SMILES string of the molecule is Cc1cc(O)cc(C)c1C[C@H](N)C(=O)N[C@@H](CCCN=C(N)N)C(=O)N[C@@H](Cc1ccccc1)C(=O)N[C@@H](CCCCN)C(N)=O. The van der Waals surface area contributed by atoms with E-state index >= 15 is 0 Å². The summed E-state index contributed by atoms with van der Waals surface area (Å²) >= 11 is 0. The Bertz CT molecular complexity index is 1330. The predicted molar refractivity (Wildman–Crippen MR) is 177 cm³/mol. The Morgan fingerprint density at radius 2 is 1.35 bits per heavy atom. The summed E-state index contributed by atoms with van der Waals surface area (Å²) in [6.45, 7) is 4.26. The van der Waals surface area contributed by atoms with Crippen LogP contribution in [0.3, 0.4) is 0 Å². The molecule has 0 radical (unpaired) electrons. The van der Waals surface area contributed by atoms with Crippen molar-refractivity contribution in [3.8, 4) is 5.75 Å². The van der Waals surface area contributed by atoms with E-state index in [0.717, 1.165) is 22.3 Å². The fraction of sp³-hybridized carbons (Fsp3) is 0.469. The Kier molecular flexibility index (Phi) is 15.5. The van der Waals surface area contributed by atoms with Crippen molar-refractivity contribution in [1.82, 2.24) is 16.0 Å². The zero-order valence-electron chi connectivity index (χ0n) is 26.6. The molecule has 0 aliphatic heterocycles. The Morgan fingerprint density at radius 1 is 0.783 bits per heavy atom. The maximum absolute atomic E-state index is 13.7. The second kappa shape index (κ2) is 19.0. The summed E-state index contributed by atoms with van der Waals surface area (Å²) in [5.74, 6) is -2.51. The molecule has 46 heavy (non-hydrogen) atoms. The van der Waals surface area contributed by atoms with Crippen molar-refractivity contribution in [2.75, 3.05) is 13.1 Å². The van der Waals surface area contributed by atoms with E-state index in [1.807, 2.05) is 19.9 Å². The van der Waals surface area contributed by atoms with Gasteiger partial charge >= 0.3 is 0 Å². The minimum absolute atomic E-state index is 0.109. The van der Waals surface area contributed by atoms with Gasteiger partial charge in [0, 0.05) is 13.0 Å². The van der Waals surface area contributed by atoms with Gasteiger partial charge in [-0.05, 0) is 93.3 Å². The van der Waals surface area contributed by atoms with Crippen LogP contribution >= 0.6 is 0 Å². The van der Waals surface area contributed by atoms with Crippen molar-refractivity contribution >= 4 is 29.6 Å². The topological polar surface area (TPSA) is 267 Å². The Morgan fingerprint density at radius 3 is 1.93 bits per heavy atom. The van der Waals surface area contributed by atoms with Crippen LogP contribution in [0.2, 0.25) is 0 Å². The number of primary amides is 1. The number of hydrogen-bond donors (Lipinski definition) is 9. The average molecular weight is 640 g/mol. The zero-order chi connectivity index (χ0) is 34.2. The summed E-state index contributed by atoms with van der Waals surface area (Å²) < 4.78 is 0. The first-order valence-corrected chi connectivity index (χ1v) is 15.4. The molecule has 4 amide bonds. The largest absolute Gasteiger partial charge is 0.508 e. The lowest BCUT2D eigenvalue weighted by Gasteiger charge is -2.26. The van der Waals surface area contributed by atoms with E-state index in [-0.39, 0.29) is 37.5 Å². The van der Waals surface area contributed by atoms with E-state index in [1.54, 1.807) is 36.4 Å². The van der Waals surface area contributed by atoms with Crippen LogP contribution in [-0.4, -0.2) is 72.0 Å². The minimum Gasteiger partial charge on any atom is -0.508 e. The Balaban J connectivity index is 2.27. The van der Waals surface area contributed by atoms with Crippen molar-refractivity contribution in [2.45, 2.75) is 83.0 Å². The average Bonchev–Trinajstić information content (AvgIpc) is 2.99. The van der Waals surface area contributed by atoms with Gasteiger partial charge in [0.15, 0.2) is 5.96 Å². The minimum atomic E-state index is -1.10. The number of aryl methyl sites for hydroxylation is 2. The van der Waals surface area contributed by atoms with Gasteiger partial charge < -0.3 is 49.7 Å². The predicted octanol–water partition coefficient (Wildman–Crippen LogP) is -0.756. The Labute approximate surface area is 269 Å². The van der Waals surface area contributed by atoms with E-state index in [2.05, 4.69) is 20.9 Å².